The quantitative estimate of drug-likeness (QED) is 0.231. The third-order valence-electron chi connectivity index (χ3n) is 6.60. The third kappa shape index (κ3) is 7.47. The number of carbonyl (C=O) groups excluding carboxylic acids is 2. The molecule has 0 aliphatic carbocycles. The van der Waals surface area contributed by atoms with Gasteiger partial charge in [-0.2, -0.15) is 0 Å². The minimum atomic E-state index is -4.32. The van der Waals surface area contributed by atoms with Gasteiger partial charge in [0, 0.05) is 30.1 Å². The lowest BCUT2D eigenvalue weighted by molar-refractivity contribution is -0.139. The topological polar surface area (TPSA) is 86.8 Å². The lowest BCUT2D eigenvalue weighted by atomic mass is 10.0. The van der Waals surface area contributed by atoms with Crippen LogP contribution in [-0.4, -0.2) is 44.8 Å². The summed E-state index contributed by atoms with van der Waals surface area (Å²) in [6, 6.07) is 25.4. The summed E-state index contributed by atoms with van der Waals surface area (Å²) in [6.07, 6.45) is 0.160. The first-order chi connectivity index (χ1) is 20.1. The summed E-state index contributed by atoms with van der Waals surface area (Å²) in [5.74, 6) is -1.69. The highest BCUT2D eigenvalue weighted by atomic mass is 35.5. The van der Waals surface area contributed by atoms with Crippen molar-refractivity contribution >= 4 is 50.7 Å². The Bertz CT molecular complexity index is 1640. The fourth-order valence-electron chi connectivity index (χ4n) is 4.41. The molecule has 0 heterocycles. The molecule has 0 bridgehead atoms. The molecule has 1 N–H and O–H groups in total. The van der Waals surface area contributed by atoms with E-state index in [1.165, 1.54) is 18.0 Å². The van der Waals surface area contributed by atoms with Gasteiger partial charge in [0.15, 0.2) is 0 Å². The van der Waals surface area contributed by atoms with Crippen molar-refractivity contribution < 1.29 is 22.4 Å². The number of halogens is 3. The molecule has 218 valence electrons. The number of rotatable bonds is 11. The van der Waals surface area contributed by atoms with Crippen LogP contribution in [0.1, 0.15) is 11.1 Å². The van der Waals surface area contributed by atoms with Crippen LogP contribution in [0, 0.1) is 5.82 Å². The van der Waals surface area contributed by atoms with Crippen LogP contribution in [-0.2, 0) is 32.6 Å². The number of anilines is 1. The maximum atomic E-state index is 14.2. The van der Waals surface area contributed by atoms with Crippen molar-refractivity contribution in [1.82, 2.24) is 10.2 Å². The van der Waals surface area contributed by atoms with Crippen LogP contribution in [0.2, 0.25) is 10.0 Å². The van der Waals surface area contributed by atoms with Gasteiger partial charge in [-0.3, -0.25) is 13.9 Å². The van der Waals surface area contributed by atoms with Crippen LogP contribution in [0.4, 0.5) is 10.1 Å². The van der Waals surface area contributed by atoms with Gasteiger partial charge in [0.05, 0.1) is 10.6 Å². The first kappa shape index (κ1) is 31.0. The lowest BCUT2D eigenvalue weighted by Gasteiger charge is -2.33. The molecule has 4 aromatic carbocycles. The molecule has 0 saturated carbocycles. The second kappa shape index (κ2) is 13.8. The molecule has 0 saturated heterocycles. The minimum absolute atomic E-state index is 0.0982. The Labute approximate surface area is 254 Å². The number of sulfonamides is 1. The standard InChI is InChI=1S/C31H28Cl2FN3O4S/c1-35-31(39)29(18-22-8-4-2-5-9-22)36(20-23-12-13-24(32)19-28(23)33)30(38)21-37(26-10-6-3-7-11-26)42(40,41)27-16-14-25(34)15-17-27/h2-17,19,29H,18,20-21H2,1H3,(H,35,39)/t29-/m1/s1. The van der Waals surface area contributed by atoms with Crippen molar-refractivity contribution in [2.24, 2.45) is 0 Å². The van der Waals surface area contributed by atoms with E-state index in [9.17, 15) is 22.4 Å². The van der Waals surface area contributed by atoms with Crippen LogP contribution in [0.25, 0.3) is 0 Å². The van der Waals surface area contributed by atoms with Gasteiger partial charge in [-0.1, -0.05) is 77.8 Å². The molecule has 42 heavy (non-hydrogen) atoms. The number of benzene rings is 4. The first-order valence-electron chi connectivity index (χ1n) is 12.9. The highest BCUT2D eigenvalue weighted by Gasteiger charge is 2.34. The second-order valence-corrected chi connectivity index (χ2v) is 12.1. The maximum Gasteiger partial charge on any atom is 0.264 e. The van der Waals surface area contributed by atoms with Crippen molar-refractivity contribution in [3.8, 4) is 0 Å². The van der Waals surface area contributed by atoms with Gasteiger partial charge < -0.3 is 10.2 Å². The predicted molar refractivity (Wildman–Crippen MR) is 162 cm³/mol. The molecule has 0 radical (unpaired) electrons. The summed E-state index contributed by atoms with van der Waals surface area (Å²) >= 11 is 12.6. The average Bonchev–Trinajstić information content (AvgIpc) is 2.99. The van der Waals surface area contributed by atoms with Crippen molar-refractivity contribution in [3.63, 3.8) is 0 Å². The number of para-hydroxylation sites is 1. The molecule has 0 aromatic heterocycles. The number of nitrogens with zero attached hydrogens (tertiary/aromatic N) is 2. The van der Waals surface area contributed by atoms with Gasteiger partial charge in [0.1, 0.15) is 18.4 Å². The van der Waals surface area contributed by atoms with Gasteiger partial charge in [-0.15, -0.1) is 0 Å². The Balaban J connectivity index is 1.79. The maximum absolute atomic E-state index is 14.2. The number of nitrogens with one attached hydrogen (secondary N) is 1. The van der Waals surface area contributed by atoms with E-state index in [0.717, 1.165) is 34.1 Å². The van der Waals surface area contributed by atoms with Crippen LogP contribution < -0.4 is 9.62 Å². The number of likely N-dealkylation sites (N-methyl/N-ethyl adjacent to an activating group) is 1. The second-order valence-electron chi connectivity index (χ2n) is 9.38. The molecule has 4 rings (SSSR count). The molecule has 11 heteroatoms. The fraction of sp³-hybridized carbons (Fsp3) is 0.161. The van der Waals surface area contributed by atoms with Crippen molar-refractivity contribution in [1.29, 1.82) is 0 Å². The third-order valence-corrected chi connectivity index (χ3v) is 8.97. The van der Waals surface area contributed by atoms with E-state index in [2.05, 4.69) is 5.32 Å². The van der Waals surface area contributed by atoms with Crippen LogP contribution in [0.3, 0.4) is 0 Å². The Kier molecular flexibility index (Phi) is 10.2. The number of hydrogen-bond acceptors (Lipinski definition) is 4. The molecule has 0 fully saturated rings. The van der Waals surface area contributed by atoms with E-state index in [1.54, 1.807) is 42.5 Å². The normalized spacial score (nSPS) is 11.9. The van der Waals surface area contributed by atoms with Gasteiger partial charge >= 0.3 is 0 Å². The molecule has 0 aliphatic heterocycles. The van der Waals surface area contributed by atoms with Crippen LogP contribution >= 0.6 is 23.2 Å². The Morgan fingerprint density at radius 3 is 2.10 bits per heavy atom. The zero-order valence-electron chi connectivity index (χ0n) is 22.6. The zero-order valence-corrected chi connectivity index (χ0v) is 24.9. The zero-order chi connectivity index (χ0) is 30.3. The van der Waals surface area contributed by atoms with Gasteiger partial charge in [0.2, 0.25) is 11.8 Å². The van der Waals surface area contributed by atoms with E-state index >= 15 is 0 Å². The Morgan fingerprint density at radius 2 is 1.50 bits per heavy atom. The summed E-state index contributed by atoms with van der Waals surface area (Å²) in [7, 11) is -2.86. The molecule has 7 nitrogen and oxygen atoms in total. The van der Waals surface area contributed by atoms with Gasteiger partial charge in [-0.05, 0) is 59.7 Å². The van der Waals surface area contributed by atoms with Gasteiger partial charge in [0.25, 0.3) is 10.0 Å². The van der Waals surface area contributed by atoms with Crippen molar-refractivity contribution in [2.75, 3.05) is 17.9 Å². The molecule has 1 atom stereocenters. The molecule has 2 amide bonds. The van der Waals surface area contributed by atoms with Crippen LogP contribution in [0.15, 0.2) is 108 Å². The molecule has 4 aromatic rings. The highest BCUT2D eigenvalue weighted by molar-refractivity contribution is 7.92. The largest absolute Gasteiger partial charge is 0.357 e. The van der Waals surface area contributed by atoms with E-state index in [1.807, 2.05) is 30.3 Å². The van der Waals surface area contributed by atoms with E-state index < -0.39 is 40.2 Å². The fourth-order valence-corrected chi connectivity index (χ4v) is 6.29. The number of amides is 2. The predicted octanol–water partition coefficient (Wildman–Crippen LogP) is 5.71. The Hall–Kier alpha value is -3.92. The monoisotopic (exact) mass is 627 g/mol. The molecule has 0 spiro atoms. The lowest BCUT2D eigenvalue weighted by Crippen LogP contribution is -2.53. The van der Waals surface area contributed by atoms with E-state index in [4.69, 9.17) is 23.2 Å². The molecular formula is C31H28Cl2FN3O4S. The summed E-state index contributed by atoms with van der Waals surface area (Å²) < 4.78 is 42.2. The smallest absolute Gasteiger partial charge is 0.264 e. The summed E-state index contributed by atoms with van der Waals surface area (Å²) in [6.45, 7) is -0.740. The number of carbonyl (C=O) groups is 2. The Morgan fingerprint density at radius 1 is 0.881 bits per heavy atom. The van der Waals surface area contributed by atoms with E-state index in [0.29, 0.717) is 10.6 Å². The van der Waals surface area contributed by atoms with E-state index in [-0.39, 0.29) is 28.6 Å². The summed E-state index contributed by atoms with van der Waals surface area (Å²) in [5.41, 5.74) is 1.54. The molecule has 0 aliphatic rings. The summed E-state index contributed by atoms with van der Waals surface area (Å²) in [5, 5.41) is 3.31. The molecular weight excluding hydrogens is 600 g/mol. The number of hydrogen-bond donors (Lipinski definition) is 1. The summed E-state index contributed by atoms with van der Waals surface area (Å²) in [4.78, 5) is 28.6. The highest BCUT2D eigenvalue weighted by Crippen LogP contribution is 2.27. The minimum Gasteiger partial charge on any atom is -0.357 e. The SMILES string of the molecule is CNC(=O)[C@@H](Cc1ccccc1)N(Cc1ccc(Cl)cc1Cl)C(=O)CN(c1ccccc1)S(=O)(=O)c1ccc(F)cc1. The first-order valence-corrected chi connectivity index (χ1v) is 15.1. The van der Waals surface area contributed by atoms with Gasteiger partial charge in [-0.25, -0.2) is 12.8 Å². The van der Waals surface area contributed by atoms with Crippen LogP contribution in [0.5, 0.6) is 0 Å². The average molecular weight is 629 g/mol. The van der Waals surface area contributed by atoms with Crippen molar-refractivity contribution in [3.05, 3.63) is 130 Å². The molecule has 0 unspecified atom stereocenters. The van der Waals surface area contributed by atoms with Crippen molar-refractivity contribution in [2.45, 2.75) is 23.9 Å².